The number of carbonyl (C=O) groups excluding carboxylic acids is 1. The second-order valence-electron chi connectivity index (χ2n) is 6.00. The zero-order valence-corrected chi connectivity index (χ0v) is 13.0. The lowest BCUT2D eigenvalue weighted by Crippen LogP contribution is -2.37. The van der Waals surface area contributed by atoms with Crippen molar-refractivity contribution >= 4 is 11.7 Å². The van der Waals surface area contributed by atoms with Crippen molar-refractivity contribution in [2.75, 3.05) is 26.4 Å². The number of rotatable bonds is 5. The second-order valence-corrected chi connectivity index (χ2v) is 6.00. The number of methoxy groups -OCH3 is 1. The SMILES string of the molecule is COC(=O)[C@H]1CC[C@H](N(C)CCc2ccc(N)cc2)CC1. The Morgan fingerprint density at radius 1 is 1.24 bits per heavy atom. The van der Waals surface area contributed by atoms with Gasteiger partial charge in [-0.05, 0) is 56.8 Å². The van der Waals surface area contributed by atoms with Crippen LogP contribution in [0, 0.1) is 5.92 Å². The third-order valence-corrected chi connectivity index (χ3v) is 4.59. The van der Waals surface area contributed by atoms with Gasteiger partial charge in [-0.2, -0.15) is 0 Å². The molecule has 0 bridgehead atoms. The van der Waals surface area contributed by atoms with Gasteiger partial charge in [-0.3, -0.25) is 4.79 Å². The molecule has 1 aromatic carbocycles. The summed E-state index contributed by atoms with van der Waals surface area (Å²) in [5.74, 6) is 0.0646. The first-order valence-corrected chi connectivity index (χ1v) is 7.72. The highest BCUT2D eigenvalue weighted by Gasteiger charge is 2.28. The van der Waals surface area contributed by atoms with Gasteiger partial charge in [-0.15, -0.1) is 0 Å². The summed E-state index contributed by atoms with van der Waals surface area (Å²) in [5, 5.41) is 0. The summed E-state index contributed by atoms with van der Waals surface area (Å²) in [6.07, 6.45) is 5.09. The van der Waals surface area contributed by atoms with E-state index in [4.69, 9.17) is 10.5 Å². The molecule has 2 rings (SSSR count). The van der Waals surface area contributed by atoms with Crippen molar-refractivity contribution in [1.29, 1.82) is 0 Å². The van der Waals surface area contributed by atoms with E-state index in [1.807, 2.05) is 12.1 Å². The van der Waals surface area contributed by atoms with Crippen molar-refractivity contribution in [2.24, 2.45) is 5.92 Å². The molecular weight excluding hydrogens is 264 g/mol. The zero-order chi connectivity index (χ0) is 15.2. The Kier molecular flexibility index (Phi) is 5.62. The zero-order valence-electron chi connectivity index (χ0n) is 13.0. The maximum absolute atomic E-state index is 11.5. The number of benzene rings is 1. The summed E-state index contributed by atoms with van der Waals surface area (Å²) in [6.45, 7) is 1.04. The molecule has 1 fully saturated rings. The summed E-state index contributed by atoms with van der Waals surface area (Å²) in [7, 11) is 3.66. The molecule has 1 aliphatic carbocycles. The van der Waals surface area contributed by atoms with E-state index in [1.165, 1.54) is 12.7 Å². The molecular formula is C17H26N2O2. The van der Waals surface area contributed by atoms with Gasteiger partial charge < -0.3 is 15.4 Å². The van der Waals surface area contributed by atoms with Crippen LogP contribution in [0.2, 0.25) is 0 Å². The molecule has 1 aliphatic rings. The monoisotopic (exact) mass is 290 g/mol. The van der Waals surface area contributed by atoms with E-state index in [0.717, 1.165) is 44.3 Å². The summed E-state index contributed by atoms with van der Waals surface area (Å²) in [4.78, 5) is 14.0. The first kappa shape index (κ1) is 15.8. The van der Waals surface area contributed by atoms with E-state index in [-0.39, 0.29) is 11.9 Å². The van der Waals surface area contributed by atoms with Crippen molar-refractivity contribution in [2.45, 2.75) is 38.1 Å². The first-order chi connectivity index (χ1) is 10.1. The molecule has 0 aromatic heterocycles. The van der Waals surface area contributed by atoms with Crippen LogP contribution in [-0.2, 0) is 16.0 Å². The number of nitrogen functional groups attached to an aromatic ring is 1. The van der Waals surface area contributed by atoms with Crippen LogP contribution in [0.1, 0.15) is 31.2 Å². The van der Waals surface area contributed by atoms with Crippen LogP contribution in [0.15, 0.2) is 24.3 Å². The fourth-order valence-corrected chi connectivity index (χ4v) is 3.09. The standard InChI is InChI=1S/C17H26N2O2/c1-19(12-11-13-3-7-15(18)8-4-13)16-9-5-14(6-10-16)17(20)21-2/h3-4,7-8,14,16H,5-6,9-12,18H2,1-2H3/t14-,16-. The summed E-state index contributed by atoms with van der Waals surface area (Å²) < 4.78 is 4.84. The number of carbonyl (C=O) groups is 1. The van der Waals surface area contributed by atoms with Gasteiger partial charge in [-0.1, -0.05) is 12.1 Å². The summed E-state index contributed by atoms with van der Waals surface area (Å²) in [5.41, 5.74) is 7.83. The third kappa shape index (κ3) is 4.46. The molecule has 0 amide bonds. The van der Waals surface area contributed by atoms with Gasteiger partial charge >= 0.3 is 5.97 Å². The molecule has 1 aromatic rings. The van der Waals surface area contributed by atoms with E-state index in [2.05, 4.69) is 24.1 Å². The highest BCUT2D eigenvalue weighted by atomic mass is 16.5. The van der Waals surface area contributed by atoms with Crippen LogP contribution >= 0.6 is 0 Å². The lowest BCUT2D eigenvalue weighted by atomic mass is 9.85. The van der Waals surface area contributed by atoms with E-state index in [0.29, 0.717) is 6.04 Å². The van der Waals surface area contributed by atoms with Crippen molar-refractivity contribution in [3.05, 3.63) is 29.8 Å². The van der Waals surface area contributed by atoms with Gasteiger partial charge in [0.2, 0.25) is 0 Å². The second kappa shape index (κ2) is 7.46. The molecule has 0 saturated heterocycles. The molecule has 0 heterocycles. The number of hydrogen-bond donors (Lipinski definition) is 1. The van der Waals surface area contributed by atoms with Gasteiger partial charge in [0.1, 0.15) is 0 Å². The van der Waals surface area contributed by atoms with Crippen molar-refractivity contribution < 1.29 is 9.53 Å². The maximum atomic E-state index is 11.5. The number of anilines is 1. The fraction of sp³-hybridized carbons (Fsp3) is 0.588. The van der Waals surface area contributed by atoms with Crippen molar-refractivity contribution in [3.8, 4) is 0 Å². The van der Waals surface area contributed by atoms with Crippen LogP contribution in [-0.4, -0.2) is 37.6 Å². The molecule has 0 aliphatic heterocycles. The number of likely N-dealkylation sites (N-methyl/N-ethyl adjacent to an activating group) is 1. The van der Waals surface area contributed by atoms with E-state index in [1.54, 1.807) is 0 Å². The van der Waals surface area contributed by atoms with Crippen molar-refractivity contribution in [1.82, 2.24) is 4.90 Å². The van der Waals surface area contributed by atoms with Gasteiger partial charge in [0.05, 0.1) is 13.0 Å². The number of ether oxygens (including phenoxy) is 1. The Labute approximate surface area is 127 Å². The minimum Gasteiger partial charge on any atom is -0.469 e. The van der Waals surface area contributed by atoms with Crippen LogP contribution in [0.25, 0.3) is 0 Å². The summed E-state index contributed by atoms with van der Waals surface area (Å²) >= 11 is 0. The third-order valence-electron chi connectivity index (χ3n) is 4.59. The van der Waals surface area contributed by atoms with Gasteiger partial charge in [0, 0.05) is 18.3 Å². The van der Waals surface area contributed by atoms with Crippen molar-refractivity contribution in [3.63, 3.8) is 0 Å². The molecule has 4 heteroatoms. The molecule has 0 unspecified atom stereocenters. The molecule has 0 atom stereocenters. The average Bonchev–Trinajstić information content (AvgIpc) is 2.53. The molecule has 21 heavy (non-hydrogen) atoms. The Morgan fingerprint density at radius 3 is 2.43 bits per heavy atom. The Bertz CT molecular complexity index is 450. The van der Waals surface area contributed by atoms with E-state index < -0.39 is 0 Å². The van der Waals surface area contributed by atoms with Gasteiger partial charge in [0.15, 0.2) is 0 Å². The van der Waals surface area contributed by atoms with E-state index in [9.17, 15) is 4.79 Å². The maximum Gasteiger partial charge on any atom is 0.308 e. The average molecular weight is 290 g/mol. The summed E-state index contributed by atoms with van der Waals surface area (Å²) in [6, 6.07) is 8.68. The number of nitrogens with two attached hydrogens (primary N) is 1. The van der Waals surface area contributed by atoms with Gasteiger partial charge in [0.25, 0.3) is 0 Å². The minimum absolute atomic E-state index is 0.0435. The van der Waals surface area contributed by atoms with Gasteiger partial charge in [-0.25, -0.2) is 0 Å². The van der Waals surface area contributed by atoms with Crippen LogP contribution in [0.5, 0.6) is 0 Å². The molecule has 0 radical (unpaired) electrons. The molecule has 116 valence electrons. The number of nitrogens with zero attached hydrogens (tertiary/aromatic N) is 1. The fourth-order valence-electron chi connectivity index (χ4n) is 3.09. The predicted octanol–water partition coefficient (Wildman–Crippen LogP) is 2.47. The van der Waals surface area contributed by atoms with Crippen LogP contribution < -0.4 is 5.73 Å². The normalized spacial score (nSPS) is 22.2. The van der Waals surface area contributed by atoms with E-state index >= 15 is 0 Å². The number of esters is 1. The Balaban J connectivity index is 1.75. The Hall–Kier alpha value is -1.55. The molecule has 2 N–H and O–H groups in total. The minimum atomic E-state index is -0.0435. The Morgan fingerprint density at radius 2 is 1.86 bits per heavy atom. The first-order valence-electron chi connectivity index (χ1n) is 7.72. The lowest BCUT2D eigenvalue weighted by Gasteiger charge is -2.33. The quantitative estimate of drug-likeness (QED) is 0.668. The highest BCUT2D eigenvalue weighted by Crippen LogP contribution is 2.27. The highest BCUT2D eigenvalue weighted by molar-refractivity contribution is 5.72. The molecule has 4 nitrogen and oxygen atoms in total. The molecule has 0 spiro atoms. The molecule has 1 saturated carbocycles. The number of hydrogen-bond acceptors (Lipinski definition) is 4. The largest absolute Gasteiger partial charge is 0.469 e. The smallest absolute Gasteiger partial charge is 0.308 e. The van der Waals surface area contributed by atoms with Crippen LogP contribution in [0.4, 0.5) is 5.69 Å². The predicted molar refractivity (Wildman–Crippen MR) is 85.0 cm³/mol. The topological polar surface area (TPSA) is 55.6 Å². The lowest BCUT2D eigenvalue weighted by molar-refractivity contribution is -0.146. The van der Waals surface area contributed by atoms with Crippen LogP contribution in [0.3, 0.4) is 0 Å².